The van der Waals surface area contributed by atoms with Crippen LogP contribution in [0.3, 0.4) is 0 Å². The molecule has 1 atom stereocenters. The van der Waals surface area contributed by atoms with Crippen LogP contribution in [0.15, 0.2) is 34.7 Å². The van der Waals surface area contributed by atoms with Gasteiger partial charge < -0.3 is 14.3 Å². The van der Waals surface area contributed by atoms with Gasteiger partial charge in [0, 0.05) is 30.4 Å². The predicted molar refractivity (Wildman–Crippen MR) is 119 cm³/mol. The zero-order valence-electron chi connectivity index (χ0n) is 17.9. The van der Waals surface area contributed by atoms with Crippen molar-refractivity contribution in [2.45, 2.75) is 45.6 Å². The minimum atomic E-state index is -2.33. The molecule has 1 aliphatic rings. The van der Waals surface area contributed by atoms with E-state index < -0.39 is 11.3 Å². The highest BCUT2D eigenvalue weighted by atomic mass is 32.2. The fraction of sp³-hybridized carbons (Fsp3) is 0.391. The Bertz CT molecular complexity index is 1140. The number of nitrogens with one attached hydrogen (secondary N) is 1. The van der Waals surface area contributed by atoms with Gasteiger partial charge in [0.25, 0.3) is 5.91 Å². The van der Waals surface area contributed by atoms with Crippen molar-refractivity contribution in [2.24, 2.45) is 0 Å². The van der Waals surface area contributed by atoms with Crippen LogP contribution in [0, 0.1) is 6.92 Å². The van der Waals surface area contributed by atoms with Crippen LogP contribution in [-0.2, 0) is 17.8 Å². The summed E-state index contributed by atoms with van der Waals surface area (Å²) in [6, 6.07) is 9.75. The third-order valence-electron chi connectivity index (χ3n) is 5.59. The average molecular weight is 441 g/mol. The molecule has 3 aromatic rings. The van der Waals surface area contributed by atoms with Crippen LogP contribution in [-0.4, -0.2) is 37.6 Å². The molecule has 164 valence electrons. The van der Waals surface area contributed by atoms with E-state index in [0.29, 0.717) is 47.0 Å². The second-order valence-electron chi connectivity index (χ2n) is 7.98. The number of hydrogen-bond donors (Lipinski definition) is 1. The number of benzene rings is 1. The summed E-state index contributed by atoms with van der Waals surface area (Å²) >= 11 is -2.33. The van der Waals surface area contributed by atoms with Gasteiger partial charge in [-0.2, -0.15) is 0 Å². The molecule has 0 saturated heterocycles. The zero-order chi connectivity index (χ0) is 22.1. The summed E-state index contributed by atoms with van der Waals surface area (Å²) in [5.41, 5.74) is 4.41. The van der Waals surface area contributed by atoms with E-state index in [-0.39, 0.29) is 12.5 Å². The zero-order valence-corrected chi connectivity index (χ0v) is 18.8. The molecule has 2 heterocycles. The van der Waals surface area contributed by atoms with Gasteiger partial charge in [0.15, 0.2) is 0 Å². The van der Waals surface area contributed by atoms with Crippen LogP contribution >= 0.6 is 0 Å². The molecule has 8 heteroatoms. The molecule has 1 aromatic carbocycles. The van der Waals surface area contributed by atoms with Crippen molar-refractivity contribution in [3.8, 4) is 11.3 Å². The summed E-state index contributed by atoms with van der Waals surface area (Å²) in [4.78, 5) is 17.5. The quantitative estimate of drug-likeness (QED) is 0.533. The lowest BCUT2D eigenvalue weighted by Gasteiger charge is -2.24. The lowest BCUT2D eigenvalue weighted by molar-refractivity contribution is 0.0964. The standard InChI is InChI=1S/C23H27N3O4S/c1-4-11-26(31(28)29)13-19-17(15-9-10-15)12-18-20(22(27)24-3)21(30-23(18)25-19)16-7-5-14(2)6-8-16/h5-8,12,15H,4,9-11,13H2,1-3H3,(H,24,27)(H,28,29)/p-1. The van der Waals surface area contributed by atoms with Crippen LogP contribution in [0.1, 0.15) is 59.3 Å². The molecule has 31 heavy (non-hydrogen) atoms. The number of carbonyl (C=O) groups is 1. The molecule has 1 saturated carbocycles. The molecule has 0 bridgehead atoms. The molecular weight excluding hydrogens is 414 g/mol. The van der Waals surface area contributed by atoms with Gasteiger partial charge in [-0.05, 0) is 43.7 Å². The normalized spacial score (nSPS) is 14.9. The van der Waals surface area contributed by atoms with Crippen molar-refractivity contribution in [2.75, 3.05) is 13.6 Å². The van der Waals surface area contributed by atoms with Gasteiger partial charge in [0.2, 0.25) is 5.71 Å². The van der Waals surface area contributed by atoms with Crippen LogP contribution in [0.2, 0.25) is 0 Å². The van der Waals surface area contributed by atoms with Crippen molar-refractivity contribution >= 4 is 28.3 Å². The Balaban J connectivity index is 1.88. The van der Waals surface area contributed by atoms with Gasteiger partial charge in [-0.3, -0.25) is 9.00 Å². The summed E-state index contributed by atoms with van der Waals surface area (Å²) in [6.45, 7) is 4.56. The molecule has 4 rings (SSSR count). The van der Waals surface area contributed by atoms with Gasteiger partial charge in [0.05, 0.1) is 23.2 Å². The maximum absolute atomic E-state index is 12.8. The maximum Gasteiger partial charge on any atom is 0.255 e. The van der Waals surface area contributed by atoms with E-state index in [2.05, 4.69) is 5.32 Å². The van der Waals surface area contributed by atoms with E-state index in [1.807, 2.05) is 44.2 Å². The Morgan fingerprint density at radius 2 is 2.03 bits per heavy atom. The lowest BCUT2D eigenvalue weighted by atomic mass is 10.0. The molecule has 1 amide bonds. The van der Waals surface area contributed by atoms with Gasteiger partial charge in [-0.25, -0.2) is 9.29 Å². The summed E-state index contributed by atoms with van der Waals surface area (Å²) in [5.74, 6) is 0.572. The van der Waals surface area contributed by atoms with Gasteiger partial charge in [0.1, 0.15) is 5.76 Å². The minimum absolute atomic E-state index is 0.196. The van der Waals surface area contributed by atoms with Crippen molar-refractivity contribution in [1.82, 2.24) is 14.6 Å². The Kier molecular flexibility index (Phi) is 6.22. The molecule has 1 unspecified atom stereocenters. The molecule has 2 aromatic heterocycles. The van der Waals surface area contributed by atoms with E-state index in [1.54, 1.807) is 7.05 Å². The second kappa shape index (κ2) is 8.90. The number of nitrogens with zero attached hydrogens (tertiary/aromatic N) is 2. The SMILES string of the molecule is CCCN(Cc1nc2oc(-c3ccc(C)cc3)c(C(=O)NC)c2cc1C1CC1)S(=O)[O-]. The molecule has 0 radical (unpaired) electrons. The summed E-state index contributed by atoms with van der Waals surface area (Å²) in [5, 5.41) is 3.37. The van der Waals surface area contributed by atoms with E-state index in [1.165, 1.54) is 4.31 Å². The molecule has 1 fully saturated rings. The largest absolute Gasteiger partial charge is 0.760 e. The highest BCUT2D eigenvalue weighted by molar-refractivity contribution is 7.76. The Labute approximate surface area is 184 Å². The predicted octanol–water partition coefficient (Wildman–Crippen LogP) is 4.05. The Morgan fingerprint density at radius 1 is 1.32 bits per heavy atom. The lowest BCUT2D eigenvalue weighted by Crippen LogP contribution is -2.27. The van der Waals surface area contributed by atoms with Crippen molar-refractivity contribution in [3.63, 3.8) is 0 Å². The van der Waals surface area contributed by atoms with Crippen LogP contribution in [0.25, 0.3) is 22.4 Å². The third kappa shape index (κ3) is 4.42. The third-order valence-corrected chi connectivity index (χ3v) is 6.32. The number of hydrogen-bond acceptors (Lipinski definition) is 5. The summed E-state index contributed by atoms with van der Waals surface area (Å²) < 4.78 is 30.8. The Morgan fingerprint density at radius 3 is 2.61 bits per heavy atom. The molecule has 7 nitrogen and oxygen atoms in total. The molecule has 0 aliphatic heterocycles. The van der Waals surface area contributed by atoms with E-state index in [4.69, 9.17) is 9.40 Å². The number of rotatable bonds is 8. The number of furan rings is 1. The number of aryl methyl sites for hydroxylation is 1. The smallest absolute Gasteiger partial charge is 0.255 e. The fourth-order valence-electron chi connectivity index (χ4n) is 3.83. The first-order valence-electron chi connectivity index (χ1n) is 10.5. The minimum Gasteiger partial charge on any atom is -0.760 e. The summed E-state index contributed by atoms with van der Waals surface area (Å²) in [7, 11) is 1.59. The molecular formula is C23H26N3O4S-. The summed E-state index contributed by atoms with van der Waals surface area (Å²) in [6.07, 6.45) is 2.78. The average Bonchev–Trinajstić information content (AvgIpc) is 3.53. The van der Waals surface area contributed by atoms with Crippen molar-refractivity contribution in [1.29, 1.82) is 0 Å². The van der Waals surface area contributed by atoms with Crippen LogP contribution < -0.4 is 5.32 Å². The van der Waals surface area contributed by atoms with Gasteiger partial charge >= 0.3 is 0 Å². The highest BCUT2D eigenvalue weighted by Gasteiger charge is 2.31. The Hall–Kier alpha value is -2.55. The van der Waals surface area contributed by atoms with Crippen LogP contribution in [0.5, 0.6) is 0 Å². The van der Waals surface area contributed by atoms with E-state index in [0.717, 1.165) is 29.5 Å². The van der Waals surface area contributed by atoms with E-state index in [9.17, 15) is 13.6 Å². The second-order valence-corrected chi connectivity index (χ2v) is 8.93. The molecule has 0 spiro atoms. The van der Waals surface area contributed by atoms with E-state index >= 15 is 0 Å². The molecule has 1 aliphatic carbocycles. The molecule has 1 N–H and O–H groups in total. The van der Waals surface area contributed by atoms with Crippen molar-refractivity contribution in [3.05, 3.63) is 52.7 Å². The van der Waals surface area contributed by atoms with Gasteiger partial charge in [-0.1, -0.05) is 36.8 Å². The number of carbonyl (C=O) groups excluding carboxylic acids is 1. The first kappa shape index (κ1) is 21.7. The van der Waals surface area contributed by atoms with Gasteiger partial charge in [-0.15, -0.1) is 0 Å². The first-order chi connectivity index (χ1) is 14.9. The van der Waals surface area contributed by atoms with Crippen LogP contribution in [0.4, 0.5) is 0 Å². The topological polar surface area (TPSA) is 98.5 Å². The number of amides is 1. The number of fused-ring (bicyclic) bond motifs is 1. The fourth-order valence-corrected chi connectivity index (χ4v) is 4.39. The first-order valence-corrected chi connectivity index (χ1v) is 11.6. The maximum atomic E-state index is 12.8. The monoisotopic (exact) mass is 440 g/mol. The highest BCUT2D eigenvalue weighted by Crippen LogP contribution is 2.44. The number of pyridine rings is 1. The number of aromatic nitrogens is 1. The van der Waals surface area contributed by atoms with Crippen molar-refractivity contribution < 1.29 is 18.0 Å².